The molecular weight excluding hydrogens is 304 g/mol. The molecule has 1 atom stereocenters. The Hall–Kier alpha value is -0.580. The molecule has 1 aromatic carbocycles. The molecule has 0 bridgehead atoms. The first-order valence-corrected chi connectivity index (χ1v) is 7.81. The van der Waals surface area contributed by atoms with Crippen molar-refractivity contribution in [1.29, 1.82) is 0 Å². The molecule has 1 unspecified atom stereocenters. The quantitative estimate of drug-likeness (QED) is 0.812. The van der Waals surface area contributed by atoms with Gasteiger partial charge in [0.1, 0.15) is 0 Å². The molecule has 1 fully saturated rings. The minimum absolute atomic E-state index is 0.499. The summed E-state index contributed by atoms with van der Waals surface area (Å²) in [7, 11) is 2.17. The van der Waals surface area contributed by atoms with Gasteiger partial charge in [-0.15, -0.1) is 0 Å². The first kappa shape index (κ1) is 14.8. The van der Waals surface area contributed by atoms with E-state index in [0.717, 1.165) is 43.6 Å². The van der Waals surface area contributed by atoms with Crippen LogP contribution in [0.2, 0.25) is 0 Å². The monoisotopic (exact) mass is 326 g/mol. The second kappa shape index (κ2) is 7.27. The molecule has 1 heterocycles. The number of rotatable bonds is 6. The molecule has 0 saturated carbocycles. The zero-order chi connectivity index (χ0) is 13.7. The van der Waals surface area contributed by atoms with Gasteiger partial charge in [-0.3, -0.25) is 0 Å². The van der Waals surface area contributed by atoms with E-state index in [1.807, 2.05) is 0 Å². The van der Waals surface area contributed by atoms with Crippen LogP contribution >= 0.6 is 15.9 Å². The highest BCUT2D eigenvalue weighted by Crippen LogP contribution is 2.27. The average molecular weight is 327 g/mol. The van der Waals surface area contributed by atoms with Crippen molar-refractivity contribution in [3.8, 4) is 0 Å². The molecule has 2 rings (SSSR count). The summed E-state index contributed by atoms with van der Waals surface area (Å²) in [4.78, 5) is 2.36. The van der Waals surface area contributed by atoms with Crippen molar-refractivity contribution in [2.24, 2.45) is 0 Å². The number of nitrogens with one attached hydrogen (secondary N) is 1. The molecule has 0 aromatic heterocycles. The molecule has 0 spiro atoms. The number of benzene rings is 1. The molecule has 1 saturated heterocycles. The van der Waals surface area contributed by atoms with Gasteiger partial charge in [0.2, 0.25) is 0 Å². The van der Waals surface area contributed by atoms with Crippen molar-refractivity contribution in [2.75, 3.05) is 31.7 Å². The van der Waals surface area contributed by atoms with Crippen LogP contribution in [-0.4, -0.2) is 32.8 Å². The van der Waals surface area contributed by atoms with Gasteiger partial charge in [0, 0.05) is 30.4 Å². The van der Waals surface area contributed by atoms with Crippen molar-refractivity contribution in [3.63, 3.8) is 0 Å². The van der Waals surface area contributed by atoms with E-state index in [9.17, 15) is 0 Å². The van der Waals surface area contributed by atoms with Crippen LogP contribution in [-0.2, 0) is 11.3 Å². The van der Waals surface area contributed by atoms with E-state index < -0.39 is 0 Å². The predicted octanol–water partition coefficient (Wildman–Crippen LogP) is 3.17. The number of ether oxygens (including phenoxy) is 1. The van der Waals surface area contributed by atoms with Crippen LogP contribution in [0.1, 0.15) is 25.3 Å². The predicted molar refractivity (Wildman–Crippen MR) is 83.8 cm³/mol. The first-order valence-electron chi connectivity index (χ1n) is 7.02. The summed E-state index contributed by atoms with van der Waals surface area (Å²) in [5.74, 6) is 0. The van der Waals surface area contributed by atoms with Gasteiger partial charge in [-0.1, -0.05) is 28.9 Å². The van der Waals surface area contributed by atoms with Crippen molar-refractivity contribution in [1.82, 2.24) is 5.32 Å². The number of likely N-dealkylation sites (N-methyl/N-ethyl adjacent to an activating group) is 1. The summed E-state index contributed by atoms with van der Waals surface area (Å²) < 4.78 is 6.63. The Morgan fingerprint density at radius 1 is 1.47 bits per heavy atom. The van der Waals surface area contributed by atoms with Gasteiger partial charge in [-0.25, -0.2) is 0 Å². The maximum atomic E-state index is 5.50. The minimum Gasteiger partial charge on any atom is -0.379 e. The van der Waals surface area contributed by atoms with Crippen LogP contribution in [0.3, 0.4) is 0 Å². The zero-order valence-electron chi connectivity index (χ0n) is 11.8. The highest BCUT2D eigenvalue weighted by atomic mass is 79.9. The van der Waals surface area contributed by atoms with Crippen molar-refractivity contribution < 1.29 is 4.74 Å². The van der Waals surface area contributed by atoms with E-state index in [2.05, 4.69) is 58.3 Å². The third-order valence-electron chi connectivity index (χ3n) is 3.62. The fraction of sp³-hybridized carbons (Fsp3) is 0.600. The zero-order valence-corrected chi connectivity index (χ0v) is 13.4. The minimum atomic E-state index is 0.499. The van der Waals surface area contributed by atoms with Gasteiger partial charge in [0.15, 0.2) is 0 Å². The Morgan fingerprint density at radius 3 is 3.00 bits per heavy atom. The molecule has 19 heavy (non-hydrogen) atoms. The number of hydrogen-bond acceptors (Lipinski definition) is 3. The Bertz CT molecular complexity index is 405. The maximum absolute atomic E-state index is 5.50. The largest absolute Gasteiger partial charge is 0.379 e. The topological polar surface area (TPSA) is 24.5 Å². The normalized spacial score (nSPS) is 18.8. The molecule has 4 heteroatoms. The van der Waals surface area contributed by atoms with Crippen LogP contribution in [0.25, 0.3) is 0 Å². The van der Waals surface area contributed by atoms with Crippen LogP contribution < -0.4 is 10.2 Å². The van der Waals surface area contributed by atoms with E-state index in [4.69, 9.17) is 4.74 Å². The molecule has 1 aromatic rings. The first-order chi connectivity index (χ1) is 9.22. The van der Waals surface area contributed by atoms with Crippen molar-refractivity contribution >= 4 is 21.6 Å². The second-order valence-corrected chi connectivity index (χ2v) is 5.99. The summed E-state index contributed by atoms with van der Waals surface area (Å²) in [5, 5.41) is 3.48. The summed E-state index contributed by atoms with van der Waals surface area (Å²) in [6.07, 6.45) is 2.28. The van der Waals surface area contributed by atoms with E-state index >= 15 is 0 Å². The van der Waals surface area contributed by atoms with Gasteiger partial charge in [-0.2, -0.15) is 0 Å². The van der Waals surface area contributed by atoms with Crippen molar-refractivity contribution in [3.05, 3.63) is 28.2 Å². The Kier molecular flexibility index (Phi) is 5.67. The van der Waals surface area contributed by atoms with Gasteiger partial charge in [0.25, 0.3) is 0 Å². The van der Waals surface area contributed by atoms with E-state index in [0.29, 0.717) is 6.04 Å². The van der Waals surface area contributed by atoms with Gasteiger partial charge in [0.05, 0.1) is 12.6 Å². The van der Waals surface area contributed by atoms with Crippen molar-refractivity contribution in [2.45, 2.75) is 32.4 Å². The van der Waals surface area contributed by atoms with Gasteiger partial charge < -0.3 is 15.0 Å². The number of nitrogens with zero attached hydrogens (tertiary/aromatic N) is 1. The lowest BCUT2D eigenvalue weighted by atomic mass is 10.1. The Labute approximate surface area is 124 Å². The Balaban J connectivity index is 2.13. The number of hydrogen-bond donors (Lipinski definition) is 1. The smallest absolute Gasteiger partial charge is 0.0670 e. The second-order valence-electron chi connectivity index (χ2n) is 5.08. The number of halogens is 1. The summed E-state index contributed by atoms with van der Waals surface area (Å²) in [6.45, 7) is 5.90. The lowest BCUT2D eigenvalue weighted by molar-refractivity contribution is 0.193. The van der Waals surface area contributed by atoms with Crippen LogP contribution in [0, 0.1) is 0 Å². The van der Waals surface area contributed by atoms with Crippen LogP contribution in [0.4, 0.5) is 5.69 Å². The molecule has 0 amide bonds. The molecule has 106 valence electrons. The van der Waals surface area contributed by atoms with E-state index in [1.54, 1.807) is 0 Å². The third kappa shape index (κ3) is 3.94. The summed E-state index contributed by atoms with van der Waals surface area (Å²) >= 11 is 3.58. The molecular formula is C15H23BrN2O. The molecule has 0 radical (unpaired) electrons. The SMILES string of the molecule is CCCNCc1ccc(Br)cc1N(C)C1CCOC1. The molecule has 1 aliphatic rings. The third-order valence-corrected chi connectivity index (χ3v) is 4.12. The fourth-order valence-electron chi connectivity index (χ4n) is 2.44. The lowest BCUT2D eigenvalue weighted by Crippen LogP contribution is -2.33. The van der Waals surface area contributed by atoms with Crippen LogP contribution in [0.15, 0.2) is 22.7 Å². The van der Waals surface area contributed by atoms with E-state index in [1.165, 1.54) is 11.3 Å². The van der Waals surface area contributed by atoms with Crippen LogP contribution in [0.5, 0.6) is 0 Å². The highest BCUT2D eigenvalue weighted by molar-refractivity contribution is 9.10. The molecule has 1 aliphatic heterocycles. The summed E-state index contributed by atoms with van der Waals surface area (Å²) in [5.41, 5.74) is 2.65. The van der Waals surface area contributed by atoms with Gasteiger partial charge >= 0.3 is 0 Å². The molecule has 1 N–H and O–H groups in total. The standard InChI is InChI=1S/C15H23BrN2O/c1-3-7-17-10-12-4-5-13(16)9-15(12)18(2)14-6-8-19-11-14/h4-5,9,14,17H,3,6-8,10-11H2,1-2H3. The molecule has 0 aliphatic carbocycles. The average Bonchev–Trinajstić information content (AvgIpc) is 2.94. The molecule has 3 nitrogen and oxygen atoms in total. The summed E-state index contributed by atoms with van der Waals surface area (Å²) in [6, 6.07) is 7.03. The maximum Gasteiger partial charge on any atom is 0.0670 e. The highest BCUT2D eigenvalue weighted by Gasteiger charge is 2.22. The number of anilines is 1. The Morgan fingerprint density at radius 2 is 2.32 bits per heavy atom. The van der Waals surface area contributed by atoms with E-state index in [-0.39, 0.29) is 0 Å². The van der Waals surface area contributed by atoms with Gasteiger partial charge in [-0.05, 0) is 37.1 Å². The fourth-order valence-corrected chi connectivity index (χ4v) is 2.79. The lowest BCUT2D eigenvalue weighted by Gasteiger charge is -2.28.